The first-order chi connectivity index (χ1) is 9.97. The number of hydrogen-bond donors (Lipinski definition) is 0. The molecule has 1 aliphatic rings. The van der Waals surface area contributed by atoms with Crippen molar-refractivity contribution in [2.24, 2.45) is 0 Å². The highest BCUT2D eigenvalue weighted by Crippen LogP contribution is 2.30. The van der Waals surface area contributed by atoms with Crippen LogP contribution in [0.25, 0.3) is 0 Å². The van der Waals surface area contributed by atoms with Gasteiger partial charge in [-0.1, -0.05) is 17.7 Å². The van der Waals surface area contributed by atoms with Crippen LogP contribution in [-0.2, 0) is 11.2 Å². The lowest BCUT2D eigenvalue weighted by atomic mass is 9.99. The van der Waals surface area contributed by atoms with Crippen LogP contribution in [0.1, 0.15) is 27.0 Å². The summed E-state index contributed by atoms with van der Waals surface area (Å²) in [4.78, 5) is 25.9. The molecule has 1 heterocycles. The Kier molecular flexibility index (Phi) is 3.30. The zero-order valence-corrected chi connectivity index (χ0v) is 12.6. The molecule has 0 aromatic heterocycles. The van der Waals surface area contributed by atoms with Crippen LogP contribution >= 0.6 is 11.6 Å². The van der Waals surface area contributed by atoms with Gasteiger partial charge < -0.3 is 4.90 Å². The Bertz CT molecular complexity index is 767. The average molecular weight is 300 g/mol. The first-order valence-electron chi connectivity index (χ1n) is 6.67. The number of anilines is 1. The minimum Gasteiger partial charge on any atom is -0.315 e. The van der Waals surface area contributed by atoms with Crippen molar-refractivity contribution < 1.29 is 9.59 Å². The van der Waals surface area contributed by atoms with Gasteiger partial charge in [0.2, 0.25) is 5.91 Å². The highest BCUT2D eigenvalue weighted by atomic mass is 35.5. The van der Waals surface area contributed by atoms with Crippen LogP contribution < -0.4 is 4.90 Å². The van der Waals surface area contributed by atoms with Crippen molar-refractivity contribution in [3.63, 3.8) is 0 Å². The molecular weight excluding hydrogens is 286 g/mol. The number of amides is 1. The van der Waals surface area contributed by atoms with E-state index < -0.39 is 0 Å². The predicted octanol–water partition coefficient (Wildman–Crippen LogP) is 3.40. The van der Waals surface area contributed by atoms with E-state index in [1.807, 2.05) is 19.1 Å². The Labute approximate surface area is 128 Å². The Morgan fingerprint density at radius 1 is 1.19 bits per heavy atom. The molecule has 0 spiro atoms. The van der Waals surface area contributed by atoms with E-state index in [9.17, 15) is 9.59 Å². The molecule has 21 heavy (non-hydrogen) atoms. The van der Waals surface area contributed by atoms with Crippen LogP contribution in [0.3, 0.4) is 0 Å². The molecule has 0 N–H and O–H groups in total. The van der Waals surface area contributed by atoms with Gasteiger partial charge in [-0.3, -0.25) is 9.59 Å². The van der Waals surface area contributed by atoms with Crippen molar-refractivity contribution in [2.45, 2.75) is 13.3 Å². The molecule has 0 aliphatic carbocycles. The van der Waals surface area contributed by atoms with Crippen LogP contribution in [0.2, 0.25) is 5.02 Å². The fourth-order valence-electron chi connectivity index (χ4n) is 2.57. The molecule has 0 atom stereocenters. The number of benzene rings is 2. The third-order valence-corrected chi connectivity index (χ3v) is 4.10. The molecule has 106 valence electrons. The van der Waals surface area contributed by atoms with Crippen molar-refractivity contribution in [1.29, 1.82) is 0 Å². The second-order valence-electron chi connectivity index (χ2n) is 5.29. The number of carbonyl (C=O) groups is 2. The molecule has 0 bridgehead atoms. The van der Waals surface area contributed by atoms with Gasteiger partial charge >= 0.3 is 0 Å². The second-order valence-corrected chi connectivity index (χ2v) is 5.69. The van der Waals surface area contributed by atoms with Crippen LogP contribution in [0.15, 0.2) is 36.4 Å². The Balaban J connectivity index is 2.00. The summed E-state index contributed by atoms with van der Waals surface area (Å²) in [5.74, 6) is -0.0761. The molecule has 0 saturated carbocycles. The minimum atomic E-state index is -0.121. The van der Waals surface area contributed by atoms with E-state index in [1.54, 1.807) is 36.2 Å². The Hall–Kier alpha value is -2.13. The molecule has 0 fully saturated rings. The smallest absolute Gasteiger partial charge is 0.231 e. The summed E-state index contributed by atoms with van der Waals surface area (Å²) < 4.78 is 0. The van der Waals surface area contributed by atoms with Crippen LogP contribution in [-0.4, -0.2) is 18.7 Å². The summed E-state index contributed by atoms with van der Waals surface area (Å²) in [6, 6.07) is 10.7. The van der Waals surface area contributed by atoms with Crippen molar-refractivity contribution in [3.8, 4) is 0 Å². The van der Waals surface area contributed by atoms with Crippen molar-refractivity contribution in [3.05, 3.63) is 63.7 Å². The van der Waals surface area contributed by atoms with E-state index in [2.05, 4.69) is 0 Å². The number of likely N-dealkylation sites (N-methyl/N-ethyl adjacent to an activating group) is 1. The van der Waals surface area contributed by atoms with Crippen molar-refractivity contribution in [2.75, 3.05) is 11.9 Å². The Morgan fingerprint density at radius 2 is 1.95 bits per heavy atom. The molecule has 3 rings (SSSR count). The number of halogens is 1. The summed E-state index contributed by atoms with van der Waals surface area (Å²) in [5.41, 5.74) is 3.81. The summed E-state index contributed by atoms with van der Waals surface area (Å²) in [5, 5.41) is 0.452. The molecule has 2 aromatic carbocycles. The van der Waals surface area contributed by atoms with Crippen LogP contribution in [0, 0.1) is 6.92 Å². The standard InChI is InChI=1S/C17H14ClNO2/c1-10-3-5-13(14(18)7-10)17(21)11-4-6-15-12(8-11)9-16(20)19(15)2/h3-8H,9H2,1-2H3. The normalized spacial score (nSPS) is 13.5. The van der Waals surface area contributed by atoms with E-state index in [0.717, 1.165) is 16.8 Å². The largest absolute Gasteiger partial charge is 0.315 e. The van der Waals surface area contributed by atoms with Crippen molar-refractivity contribution >= 4 is 29.0 Å². The Morgan fingerprint density at radius 3 is 2.67 bits per heavy atom. The van der Waals surface area contributed by atoms with Gasteiger partial charge in [0.1, 0.15) is 0 Å². The summed E-state index contributed by atoms with van der Waals surface area (Å²) in [7, 11) is 1.74. The molecule has 0 saturated heterocycles. The lowest BCUT2D eigenvalue weighted by molar-refractivity contribution is -0.117. The van der Waals surface area contributed by atoms with Crippen LogP contribution in [0.4, 0.5) is 5.69 Å². The summed E-state index contributed by atoms with van der Waals surface area (Å²) in [6.07, 6.45) is 0.342. The maximum Gasteiger partial charge on any atom is 0.231 e. The number of hydrogen-bond acceptors (Lipinski definition) is 2. The quantitative estimate of drug-likeness (QED) is 0.797. The van der Waals surface area contributed by atoms with Crippen LogP contribution in [0.5, 0.6) is 0 Å². The third kappa shape index (κ3) is 2.34. The van der Waals surface area contributed by atoms with Gasteiger partial charge in [-0.2, -0.15) is 0 Å². The van der Waals surface area contributed by atoms with Gasteiger partial charge in [-0.05, 0) is 48.4 Å². The topological polar surface area (TPSA) is 37.4 Å². The molecule has 2 aromatic rings. The van der Waals surface area contributed by atoms with E-state index in [1.165, 1.54) is 0 Å². The third-order valence-electron chi connectivity index (χ3n) is 3.79. The van der Waals surface area contributed by atoms with Gasteiger partial charge in [0, 0.05) is 23.9 Å². The highest BCUT2D eigenvalue weighted by Gasteiger charge is 2.25. The minimum absolute atomic E-state index is 0.0444. The fourth-order valence-corrected chi connectivity index (χ4v) is 2.89. The first-order valence-corrected chi connectivity index (χ1v) is 7.05. The fraction of sp³-hybridized carbons (Fsp3) is 0.176. The maximum atomic E-state index is 12.6. The number of fused-ring (bicyclic) bond motifs is 1. The monoisotopic (exact) mass is 299 g/mol. The van der Waals surface area contributed by atoms with Gasteiger partial charge in [0.25, 0.3) is 0 Å². The molecular formula is C17H14ClNO2. The SMILES string of the molecule is Cc1ccc(C(=O)c2ccc3c(c2)CC(=O)N3C)c(Cl)c1. The average Bonchev–Trinajstić information content (AvgIpc) is 2.73. The second kappa shape index (κ2) is 5.01. The molecule has 3 nitrogen and oxygen atoms in total. The number of ketones is 1. The van der Waals surface area contributed by atoms with Gasteiger partial charge in [0.15, 0.2) is 5.78 Å². The van der Waals surface area contributed by atoms with E-state index in [-0.39, 0.29) is 11.7 Å². The summed E-state index contributed by atoms with van der Waals surface area (Å²) in [6.45, 7) is 1.93. The zero-order chi connectivity index (χ0) is 15.1. The molecule has 1 aliphatic heterocycles. The van der Waals surface area contributed by atoms with E-state index >= 15 is 0 Å². The van der Waals surface area contributed by atoms with Gasteiger partial charge in [-0.25, -0.2) is 0 Å². The van der Waals surface area contributed by atoms with E-state index in [4.69, 9.17) is 11.6 Å². The number of nitrogens with zero attached hydrogens (tertiary/aromatic N) is 1. The molecule has 1 amide bonds. The molecule has 0 radical (unpaired) electrons. The number of rotatable bonds is 2. The maximum absolute atomic E-state index is 12.6. The number of carbonyl (C=O) groups excluding carboxylic acids is 2. The van der Waals surface area contributed by atoms with Gasteiger partial charge in [-0.15, -0.1) is 0 Å². The highest BCUT2D eigenvalue weighted by molar-refractivity contribution is 6.35. The first kappa shape index (κ1) is 13.8. The predicted molar refractivity (Wildman–Crippen MR) is 83.2 cm³/mol. The summed E-state index contributed by atoms with van der Waals surface area (Å²) >= 11 is 6.15. The van der Waals surface area contributed by atoms with Gasteiger partial charge in [0.05, 0.1) is 11.4 Å². The van der Waals surface area contributed by atoms with E-state index in [0.29, 0.717) is 22.6 Å². The molecule has 0 unspecified atom stereocenters. The number of aryl methyl sites for hydroxylation is 1. The molecule has 4 heteroatoms. The zero-order valence-electron chi connectivity index (χ0n) is 11.8. The lowest BCUT2D eigenvalue weighted by Crippen LogP contribution is -2.20. The van der Waals surface area contributed by atoms with Crippen molar-refractivity contribution in [1.82, 2.24) is 0 Å². The lowest BCUT2D eigenvalue weighted by Gasteiger charge is -2.10.